The van der Waals surface area contributed by atoms with Gasteiger partial charge in [0.15, 0.2) is 0 Å². The number of phenolic OH excluding ortho intramolecular Hbond substituents is 1. The van der Waals surface area contributed by atoms with Crippen LogP contribution in [0, 0.1) is 0 Å². The highest BCUT2D eigenvalue weighted by Crippen LogP contribution is 2.35. The van der Waals surface area contributed by atoms with Gasteiger partial charge in [-0.3, -0.25) is 0 Å². The van der Waals surface area contributed by atoms with Gasteiger partial charge in [0.25, 0.3) is 0 Å². The first-order valence-electron chi connectivity index (χ1n) is 8.60. The molecule has 2 aromatic rings. The SMILES string of the molecule is CC(C)NCC[C@H](c1ccccc1)c1cc(C(C)C)ccc1O. The summed E-state index contributed by atoms with van der Waals surface area (Å²) in [6, 6.07) is 17.0. The molecule has 23 heavy (non-hydrogen) atoms. The molecule has 0 spiro atoms. The number of phenols is 1. The molecule has 0 saturated carbocycles. The molecule has 0 aromatic heterocycles. The number of benzene rings is 2. The van der Waals surface area contributed by atoms with Gasteiger partial charge in [-0.05, 0) is 36.1 Å². The van der Waals surface area contributed by atoms with Gasteiger partial charge >= 0.3 is 0 Å². The smallest absolute Gasteiger partial charge is 0.119 e. The Kier molecular flexibility index (Phi) is 6.23. The minimum atomic E-state index is 0.209. The van der Waals surface area contributed by atoms with Gasteiger partial charge in [0.05, 0.1) is 0 Å². The molecule has 0 heterocycles. The monoisotopic (exact) mass is 311 g/mol. The van der Waals surface area contributed by atoms with Crippen molar-refractivity contribution in [1.29, 1.82) is 0 Å². The van der Waals surface area contributed by atoms with Gasteiger partial charge in [-0.2, -0.15) is 0 Å². The van der Waals surface area contributed by atoms with Gasteiger partial charge in [-0.1, -0.05) is 70.2 Å². The van der Waals surface area contributed by atoms with Crippen LogP contribution in [0.25, 0.3) is 0 Å². The standard InChI is InChI=1S/C21H29NO/c1-15(2)18-10-11-21(23)20(14-18)19(12-13-22-16(3)4)17-8-6-5-7-9-17/h5-11,14-16,19,22-23H,12-13H2,1-4H3/t19-/m1/s1. The van der Waals surface area contributed by atoms with Gasteiger partial charge in [-0.25, -0.2) is 0 Å². The number of aromatic hydroxyl groups is 1. The van der Waals surface area contributed by atoms with Gasteiger partial charge in [-0.15, -0.1) is 0 Å². The third-order valence-electron chi connectivity index (χ3n) is 4.28. The fourth-order valence-corrected chi connectivity index (χ4v) is 2.91. The lowest BCUT2D eigenvalue weighted by molar-refractivity contribution is 0.459. The average Bonchev–Trinajstić information content (AvgIpc) is 2.53. The lowest BCUT2D eigenvalue weighted by atomic mass is 9.86. The summed E-state index contributed by atoms with van der Waals surface area (Å²) >= 11 is 0. The van der Waals surface area contributed by atoms with Gasteiger partial charge in [0, 0.05) is 17.5 Å². The van der Waals surface area contributed by atoms with E-state index in [-0.39, 0.29) is 5.92 Å². The largest absolute Gasteiger partial charge is 0.508 e. The number of hydrogen-bond acceptors (Lipinski definition) is 2. The maximum atomic E-state index is 10.4. The Morgan fingerprint density at radius 3 is 2.22 bits per heavy atom. The van der Waals surface area contributed by atoms with Crippen molar-refractivity contribution in [2.24, 2.45) is 0 Å². The molecule has 0 aliphatic carbocycles. The molecule has 2 N–H and O–H groups in total. The van der Waals surface area contributed by atoms with Gasteiger partial charge in [0.1, 0.15) is 5.75 Å². The first-order valence-corrected chi connectivity index (χ1v) is 8.60. The van der Waals surface area contributed by atoms with Crippen molar-refractivity contribution in [1.82, 2.24) is 5.32 Å². The van der Waals surface area contributed by atoms with E-state index in [1.165, 1.54) is 11.1 Å². The summed E-state index contributed by atoms with van der Waals surface area (Å²) in [5, 5.41) is 13.9. The number of rotatable bonds is 7. The Balaban J connectivity index is 2.35. The highest BCUT2D eigenvalue weighted by atomic mass is 16.3. The summed E-state index contributed by atoms with van der Waals surface area (Å²) in [7, 11) is 0. The Labute approximate surface area is 140 Å². The third-order valence-corrected chi connectivity index (χ3v) is 4.28. The minimum Gasteiger partial charge on any atom is -0.508 e. The van der Waals surface area contributed by atoms with Crippen molar-refractivity contribution < 1.29 is 5.11 Å². The molecule has 0 aliphatic heterocycles. The summed E-state index contributed by atoms with van der Waals surface area (Å²) in [6.07, 6.45) is 0.970. The van der Waals surface area contributed by atoms with Crippen molar-refractivity contribution in [3.05, 3.63) is 65.2 Å². The van der Waals surface area contributed by atoms with Crippen molar-refractivity contribution in [3.8, 4) is 5.75 Å². The minimum absolute atomic E-state index is 0.209. The molecule has 0 bridgehead atoms. The van der Waals surface area contributed by atoms with E-state index in [9.17, 15) is 5.11 Å². The number of nitrogens with one attached hydrogen (secondary N) is 1. The molecule has 2 heteroatoms. The molecule has 124 valence electrons. The Morgan fingerprint density at radius 2 is 1.61 bits per heavy atom. The van der Waals surface area contributed by atoms with Gasteiger partial charge < -0.3 is 10.4 Å². The number of hydrogen-bond donors (Lipinski definition) is 2. The molecule has 0 amide bonds. The Bertz CT molecular complexity index is 604. The maximum Gasteiger partial charge on any atom is 0.119 e. The van der Waals surface area contributed by atoms with Crippen molar-refractivity contribution in [3.63, 3.8) is 0 Å². The molecule has 0 radical (unpaired) electrons. The summed E-state index contributed by atoms with van der Waals surface area (Å²) in [6.45, 7) is 9.63. The summed E-state index contributed by atoms with van der Waals surface area (Å²) in [4.78, 5) is 0. The van der Waals surface area contributed by atoms with E-state index in [1.807, 2.05) is 18.2 Å². The molecule has 0 aliphatic rings. The van der Waals surface area contributed by atoms with Crippen LogP contribution in [0.3, 0.4) is 0 Å². The molecule has 0 fully saturated rings. The quantitative estimate of drug-likeness (QED) is 0.751. The van der Waals surface area contributed by atoms with E-state index >= 15 is 0 Å². The molecular formula is C21H29NO. The molecule has 1 atom stereocenters. The zero-order chi connectivity index (χ0) is 16.8. The van der Waals surface area contributed by atoms with Crippen LogP contribution < -0.4 is 5.32 Å². The Hall–Kier alpha value is -1.80. The van der Waals surface area contributed by atoms with E-state index < -0.39 is 0 Å². The average molecular weight is 311 g/mol. The molecule has 2 rings (SSSR count). The zero-order valence-electron chi connectivity index (χ0n) is 14.7. The normalized spacial score (nSPS) is 12.8. The summed E-state index contributed by atoms with van der Waals surface area (Å²) < 4.78 is 0. The topological polar surface area (TPSA) is 32.3 Å². The third kappa shape index (κ3) is 4.84. The van der Waals surface area contributed by atoms with Crippen molar-refractivity contribution in [2.75, 3.05) is 6.54 Å². The van der Waals surface area contributed by atoms with Crippen LogP contribution in [0.1, 0.15) is 62.6 Å². The maximum absolute atomic E-state index is 10.4. The van der Waals surface area contributed by atoms with Gasteiger partial charge in [0.2, 0.25) is 0 Å². The highest BCUT2D eigenvalue weighted by Gasteiger charge is 2.18. The van der Waals surface area contributed by atoms with E-state index in [0.717, 1.165) is 18.5 Å². The zero-order valence-corrected chi connectivity index (χ0v) is 14.7. The molecule has 0 unspecified atom stereocenters. The fourth-order valence-electron chi connectivity index (χ4n) is 2.91. The second-order valence-corrected chi connectivity index (χ2v) is 6.83. The van der Waals surface area contributed by atoms with Crippen molar-refractivity contribution in [2.45, 2.75) is 52.0 Å². The summed E-state index contributed by atoms with van der Waals surface area (Å²) in [5.74, 6) is 1.06. The molecule has 2 nitrogen and oxygen atoms in total. The predicted molar refractivity (Wildman–Crippen MR) is 98.2 cm³/mol. The Morgan fingerprint density at radius 1 is 0.913 bits per heavy atom. The predicted octanol–water partition coefficient (Wildman–Crippen LogP) is 5.04. The van der Waals surface area contributed by atoms with Crippen LogP contribution in [0.4, 0.5) is 0 Å². The molecule has 2 aromatic carbocycles. The van der Waals surface area contributed by atoms with Crippen LogP contribution in [-0.4, -0.2) is 17.7 Å². The highest BCUT2D eigenvalue weighted by molar-refractivity contribution is 5.44. The second-order valence-electron chi connectivity index (χ2n) is 6.83. The second kappa shape index (κ2) is 8.16. The molecular weight excluding hydrogens is 282 g/mol. The van der Waals surface area contributed by atoms with Crippen LogP contribution in [0.5, 0.6) is 5.75 Å². The van der Waals surface area contributed by atoms with Crippen LogP contribution in [0.15, 0.2) is 48.5 Å². The first-order chi connectivity index (χ1) is 11.0. The summed E-state index contributed by atoms with van der Waals surface area (Å²) in [5.41, 5.74) is 3.57. The van der Waals surface area contributed by atoms with Crippen LogP contribution in [0.2, 0.25) is 0 Å². The van der Waals surface area contributed by atoms with E-state index in [0.29, 0.717) is 17.7 Å². The van der Waals surface area contributed by atoms with E-state index in [2.05, 4.69) is 63.3 Å². The fraction of sp³-hybridized carbons (Fsp3) is 0.429. The van der Waals surface area contributed by atoms with Crippen LogP contribution in [-0.2, 0) is 0 Å². The lowest BCUT2D eigenvalue weighted by Crippen LogP contribution is -2.25. The molecule has 0 saturated heterocycles. The van der Waals surface area contributed by atoms with E-state index in [1.54, 1.807) is 0 Å². The first kappa shape index (κ1) is 17.6. The lowest BCUT2D eigenvalue weighted by Gasteiger charge is -2.21. The van der Waals surface area contributed by atoms with Crippen LogP contribution >= 0.6 is 0 Å². The van der Waals surface area contributed by atoms with E-state index in [4.69, 9.17) is 0 Å². The van der Waals surface area contributed by atoms with Crippen molar-refractivity contribution >= 4 is 0 Å².